The molecule has 0 spiro atoms. The normalized spacial score (nSPS) is 11.4. The molecule has 116 valence electrons. The van der Waals surface area contributed by atoms with Gasteiger partial charge >= 0.3 is 0 Å². The van der Waals surface area contributed by atoms with Crippen molar-refractivity contribution in [3.8, 4) is 0 Å². The van der Waals surface area contributed by atoms with Crippen LogP contribution in [0.15, 0.2) is 24.3 Å². The van der Waals surface area contributed by atoms with E-state index in [0.717, 1.165) is 25.6 Å². The van der Waals surface area contributed by atoms with Gasteiger partial charge in [-0.1, -0.05) is 24.3 Å². The molecule has 0 bridgehead atoms. The average molecular weight is 322 g/mol. The Morgan fingerprint density at radius 1 is 1.05 bits per heavy atom. The smallest absolute Gasteiger partial charge is 0.221 e. The summed E-state index contributed by atoms with van der Waals surface area (Å²) in [6, 6.07) is 8.44. The van der Waals surface area contributed by atoms with Gasteiger partial charge in [0.2, 0.25) is 10.0 Å². The number of rotatable bonds is 8. The maximum atomic E-state index is 10.8. The van der Waals surface area contributed by atoms with E-state index in [0.29, 0.717) is 6.54 Å². The fourth-order valence-corrected chi connectivity index (χ4v) is 1.98. The summed E-state index contributed by atoms with van der Waals surface area (Å²) in [5.74, 6) is 0. The van der Waals surface area contributed by atoms with Crippen LogP contribution in [0.25, 0.3) is 0 Å². The third kappa shape index (κ3) is 9.28. The first-order valence-electron chi connectivity index (χ1n) is 6.29. The molecule has 0 heterocycles. The van der Waals surface area contributed by atoms with Crippen LogP contribution in [0.1, 0.15) is 11.1 Å². The van der Waals surface area contributed by atoms with E-state index in [1.54, 1.807) is 0 Å². The molecule has 0 unspecified atom stereocenters. The molecule has 1 rings (SSSR count). The van der Waals surface area contributed by atoms with E-state index in [2.05, 4.69) is 53.5 Å². The molecule has 0 aliphatic carbocycles. The van der Waals surface area contributed by atoms with E-state index in [9.17, 15) is 8.42 Å². The van der Waals surface area contributed by atoms with E-state index < -0.39 is 10.0 Å². The van der Waals surface area contributed by atoms with Gasteiger partial charge in [0, 0.05) is 13.1 Å². The minimum absolute atomic E-state index is 0. The highest BCUT2D eigenvalue weighted by Crippen LogP contribution is 2.05. The van der Waals surface area contributed by atoms with Gasteiger partial charge in [-0.3, -0.25) is 0 Å². The van der Waals surface area contributed by atoms with Crippen LogP contribution in [-0.4, -0.2) is 46.8 Å². The van der Waals surface area contributed by atoms with Gasteiger partial charge < -0.3 is 4.90 Å². The number of hydrazine groups is 1. The maximum Gasteiger partial charge on any atom is 0.221 e. The molecule has 0 saturated heterocycles. The zero-order valence-electron chi connectivity index (χ0n) is 12.2. The van der Waals surface area contributed by atoms with Gasteiger partial charge in [-0.05, 0) is 38.1 Å². The van der Waals surface area contributed by atoms with Gasteiger partial charge in [0.15, 0.2) is 0 Å². The SMILES string of the molecule is CN(C)CCc1ccc(CCNNS(C)(=O)=O)cc1.Cl. The van der Waals surface area contributed by atoms with Crippen LogP contribution in [0.5, 0.6) is 0 Å². The van der Waals surface area contributed by atoms with Gasteiger partial charge in [-0.2, -0.15) is 4.83 Å². The lowest BCUT2D eigenvalue weighted by Crippen LogP contribution is -2.37. The summed E-state index contributed by atoms with van der Waals surface area (Å²) in [5, 5.41) is 0. The summed E-state index contributed by atoms with van der Waals surface area (Å²) in [6.45, 7) is 1.61. The predicted octanol–water partition coefficient (Wildman–Crippen LogP) is 0.809. The van der Waals surface area contributed by atoms with Gasteiger partial charge in [0.1, 0.15) is 0 Å². The predicted molar refractivity (Wildman–Crippen MR) is 85.6 cm³/mol. The Kier molecular flexibility index (Phi) is 9.00. The van der Waals surface area contributed by atoms with Crippen LogP contribution in [0, 0.1) is 0 Å². The Bertz CT molecular complexity index is 475. The van der Waals surface area contributed by atoms with Crippen molar-refractivity contribution in [1.82, 2.24) is 15.2 Å². The largest absolute Gasteiger partial charge is 0.309 e. The number of hydrogen-bond acceptors (Lipinski definition) is 4. The average Bonchev–Trinajstić information content (AvgIpc) is 2.32. The van der Waals surface area contributed by atoms with E-state index >= 15 is 0 Å². The third-order valence-electron chi connectivity index (χ3n) is 2.67. The molecule has 0 aromatic heterocycles. The third-order valence-corrected chi connectivity index (χ3v) is 3.18. The molecule has 5 nitrogen and oxygen atoms in total. The molecular formula is C13H24ClN3O2S. The molecule has 0 saturated carbocycles. The van der Waals surface area contributed by atoms with Crippen LogP contribution in [0.2, 0.25) is 0 Å². The molecular weight excluding hydrogens is 298 g/mol. The Morgan fingerprint density at radius 3 is 2.00 bits per heavy atom. The molecule has 1 aromatic carbocycles. The molecule has 7 heteroatoms. The number of likely N-dealkylation sites (N-methyl/N-ethyl adjacent to an activating group) is 1. The topological polar surface area (TPSA) is 61.4 Å². The highest BCUT2D eigenvalue weighted by Gasteiger charge is 1.99. The standard InChI is InChI=1S/C13H23N3O2S.ClH/c1-16(2)11-9-13-6-4-12(5-7-13)8-10-14-15-19(3,17)18;/h4-7,14-15H,8-11H2,1-3H3;1H. The Hall–Kier alpha value is -0.660. The quantitative estimate of drug-likeness (QED) is 0.549. The second kappa shape index (κ2) is 9.31. The molecule has 1 aromatic rings. The van der Waals surface area contributed by atoms with Crippen LogP contribution < -0.4 is 10.3 Å². The Balaban J connectivity index is 0.00000361. The fourth-order valence-electron chi connectivity index (χ4n) is 1.61. The number of benzene rings is 1. The highest BCUT2D eigenvalue weighted by molar-refractivity contribution is 7.88. The van der Waals surface area contributed by atoms with Crippen molar-refractivity contribution in [3.05, 3.63) is 35.4 Å². The number of nitrogens with one attached hydrogen (secondary N) is 2. The summed E-state index contributed by atoms with van der Waals surface area (Å²) in [6.07, 6.45) is 2.96. The number of nitrogens with zero attached hydrogens (tertiary/aromatic N) is 1. The van der Waals surface area contributed by atoms with E-state index in [-0.39, 0.29) is 12.4 Å². The number of halogens is 1. The lowest BCUT2D eigenvalue weighted by atomic mass is 10.1. The molecule has 0 amide bonds. The second-order valence-electron chi connectivity index (χ2n) is 4.92. The first-order chi connectivity index (χ1) is 8.87. The lowest BCUT2D eigenvalue weighted by Gasteiger charge is -2.10. The van der Waals surface area contributed by atoms with Gasteiger partial charge in [-0.25, -0.2) is 13.8 Å². The first-order valence-corrected chi connectivity index (χ1v) is 8.18. The van der Waals surface area contributed by atoms with E-state index in [1.165, 1.54) is 11.1 Å². The summed E-state index contributed by atoms with van der Waals surface area (Å²) < 4.78 is 21.7. The minimum Gasteiger partial charge on any atom is -0.309 e. The van der Waals surface area contributed by atoms with Crippen molar-refractivity contribution >= 4 is 22.4 Å². The molecule has 0 fully saturated rings. The summed E-state index contributed by atoms with van der Waals surface area (Å²) in [4.78, 5) is 4.41. The monoisotopic (exact) mass is 321 g/mol. The summed E-state index contributed by atoms with van der Waals surface area (Å²) >= 11 is 0. The van der Waals surface area contributed by atoms with E-state index in [4.69, 9.17) is 0 Å². The van der Waals surface area contributed by atoms with Gasteiger partial charge in [0.25, 0.3) is 0 Å². The van der Waals surface area contributed by atoms with Crippen LogP contribution >= 0.6 is 12.4 Å². The molecule has 0 atom stereocenters. The van der Waals surface area contributed by atoms with Crippen molar-refractivity contribution < 1.29 is 8.42 Å². The van der Waals surface area contributed by atoms with Crippen molar-refractivity contribution in [2.75, 3.05) is 33.4 Å². The highest BCUT2D eigenvalue weighted by atomic mass is 35.5. The van der Waals surface area contributed by atoms with Gasteiger partial charge in [0.05, 0.1) is 6.26 Å². The molecule has 20 heavy (non-hydrogen) atoms. The molecule has 0 aliphatic heterocycles. The Labute approximate surface area is 128 Å². The molecule has 0 radical (unpaired) electrons. The van der Waals surface area contributed by atoms with Crippen LogP contribution in [0.3, 0.4) is 0 Å². The van der Waals surface area contributed by atoms with Crippen molar-refractivity contribution in [1.29, 1.82) is 0 Å². The van der Waals surface area contributed by atoms with Crippen molar-refractivity contribution in [2.24, 2.45) is 0 Å². The number of hydrogen-bond donors (Lipinski definition) is 2. The summed E-state index contributed by atoms with van der Waals surface area (Å²) in [7, 11) is 0.962. The van der Waals surface area contributed by atoms with Gasteiger partial charge in [-0.15, -0.1) is 12.4 Å². The lowest BCUT2D eigenvalue weighted by molar-refractivity contribution is 0.413. The maximum absolute atomic E-state index is 10.8. The summed E-state index contributed by atoms with van der Waals surface area (Å²) in [5.41, 5.74) is 5.19. The molecule has 2 N–H and O–H groups in total. The second-order valence-corrected chi connectivity index (χ2v) is 6.67. The van der Waals surface area contributed by atoms with Crippen molar-refractivity contribution in [3.63, 3.8) is 0 Å². The number of sulfonamides is 1. The molecule has 0 aliphatic rings. The minimum atomic E-state index is -3.17. The zero-order valence-corrected chi connectivity index (χ0v) is 13.9. The first kappa shape index (κ1) is 19.3. The van der Waals surface area contributed by atoms with E-state index in [1.807, 2.05) is 0 Å². The zero-order chi connectivity index (χ0) is 14.3. The fraction of sp³-hybridized carbons (Fsp3) is 0.538. The Morgan fingerprint density at radius 2 is 1.55 bits per heavy atom. The van der Waals surface area contributed by atoms with Crippen LogP contribution in [0.4, 0.5) is 0 Å². The van der Waals surface area contributed by atoms with Crippen LogP contribution in [-0.2, 0) is 22.9 Å². The van der Waals surface area contributed by atoms with Crippen molar-refractivity contribution in [2.45, 2.75) is 12.8 Å².